The zero-order chi connectivity index (χ0) is 13.0. The molecule has 0 bridgehead atoms. The molecule has 0 amide bonds. The Kier molecular flexibility index (Phi) is 4.36. The predicted octanol–water partition coefficient (Wildman–Crippen LogP) is 1.61. The zero-order valence-corrected chi connectivity index (χ0v) is 11.3. The van der Waals surface area contributed by atoms with Crippen molar-refractivity contribution in [1.29, 1.82) is 0 Å². The second kappa shape index (κ2) is 6.00. The van der Waals surface area contributed by atoms with Crippen molar-refractivity contribution < 1.29 is 0 Å². The van der Waals surface area contributed by atoms with Crippen molar-refractivity contribution in [3.05, 3.63) is 12.4 Å². The fourth-order valence-corrected chi connectivity index (χ4v) is 2.44. The largest absolute Gasteiger partial charge is 0.367 e. The van der Waals surface area contributed by atoms with E-state index in [1.54, 1.807) is 6.33 Å². The summed E-state index contributed by atoms with van der Waals surface area (Å²) in [4.78, 5) is 10.6. The normalized spacial score (nSPS) is 17.7. The van der Waals surface area contributed by atoms with Crippen molar-refractivity contribution in [2.75, 3.05) is 23.8 Å². The molecule has 1 aliphatic carbocycles. The summed E-state index contributed by atoms with van der Waals surface area (Å²) in [6.07, 6.45) is 6.74. The van der Waals surface area contributed by atoms with Crippen LogP contribution in [0, 0.1) is 0 Å². The number of nitrogens with one attached hydrogen (secondary N) is 1. The Hall–Kier alpha value is -1.36. The first-order valence-electron chi connectivity index (χ1n) is 6.70. The van der Waals surface area contributed by atoms with Crippen LogP contribution in [0.1, 0.15) is 32.6 Å². The lowest BCUT2D eigenvalue weighted by molar-refractivity contribution is 0.710. The molecule has 5 heteroatoms. The summed E-state index contributed by atoms with van der Waals surface area (Å²) in [5.74, 6) is 1.84. The maximum atomic E-state index is 5.80. The molecule has 100 valence electrons. The van der Waals surface area contributed by atoms with Crippen molar-refractivity contribution in [1.82, 2.24) is 9.97 Å². The Morgan fingerprint density at radius 1 is 1.44 bits per heavy atom. The van der Waals surface area contributed by atoms with Crippen LogP contribution in [0.3, 0.4) is 0 Å². The molecule has 1 aliphatic rings. The summed E-state index contributed by atoms with van der Waals surface area (Å²) >= 11 is 0. The Bertz CT molecular complexity index is 373. The highest BCUT2D eigenvalue weighted by Gasteiger charge is 2.15. The number of likely N-dealkylation sites (N-methyl/N-ethyl adjacent to an activating group) is 1. The lowest BCUT2D eigenvalue weighted by Crippen LogP contribution is -2.33. The van der Waals surface area contributed by atoms with Gasteiger partial charge in [-0.2, -0.15) is 0 Å². The first-order valence-corrected chi connectivity index (χ1v) is 6.70. The fourth-order valence-electron chi connectivity index (χ4n) is 2.44. The average molecular weight is 249 g/mol. The Labute approximate surface area is 109 Å². The number of rotatable bonds is 5. The molecule has 1 aromatic heterocycles. The monoisotopic (exact) mass is 249 g/mol. The molecule has 0 spiro atoms. The number of anilines is 2. The van der Waals surface area contributed by atoms with Crippen molar-refractivity contribution >= 4 is 11.6 Å². The lowest BCUT2D eigenvalue weighted by atomic mass is 10.2. The second-order valence-electron chi connectivity index (χ2n) is 5.24. The van der Waals surface area contributed by atoms with Crippen LogP contribution in [0.15, 0.2) is 12.4 Å². The summed E-state index contributed by atoms with van der Waals surface area (Å²) in [5.41, 5.74) is 5.80. The van der Waals surface area contributed by atoms with Gasteiger partial charge in [-0.25, -0.2) is 9.97 Å². The first-order chi connectivity index (χ1) is 8.65. The topological polar surface area (TPSA) is 67.1 Å². The quantitative estimate of drug-likeness (QED) is 0.830. The van der Waals surface area contributed by atoms with Crippen LogP contribution in [0.5, 0.6) is 0 Å². The van der Waals surface area contributed by atoms with E-state index in [9.17, 15) is 0 Å². The zero-order valence-electron chi connectivity index (χ0n) is 11.3. The summed E-state index contributed by atoms with van der Waals surface area (Å²) < 4.78 is 0. The molecule has 1 fully saturated rings. The van der Waals surface area contributed by atoms with Gasteiger partial charge < -0.3 is 16.0 Å². The van der Waals surface area contributed by atoms with Gasteiger partial charge in [-0.05, 0) is 19.8 Å². The van der Waals surface area contributed by atoms with E-state index in [4.69, 9.17) is 5.73 Å². The number of hydrogen-bond acceptors (Lipinski definition) is 5. The Morgan fingerprint density at radius 3 is 2.83 bits per heavy atom. The minimum Gasteiger partial charge on any atom is -0.367 e. The molecule has 1 unspecified atom stereocenters. The van der Waals surface area contributed by atoms with Crippen LogP contribution in [0.25, 0.3) is 0 Å². The van der Waals surface area contributed by atoms with Gasteiger partial charge >= 0.3 is 0 Å². The van der Waals surface area contributed by atoms with Gasteiger partial charge in [-0.1, -0.05) is 12.8 Å². The molecule has 0 radical (unpaired) electrons. The highest BCUT2D eigenvalue weighted by molar-refractivity contribution is 5.48. The van der Waals surface area contributed by atoms with E-state index in [0.29, 0.717) is 6.04 Å². The molecule has 5 nitrogen and oxygen atoms in total. The van der Waals surface area contributed by atoms with Gasteiger partial charge in [0.2, 0.25) is 0 Å². The first kappa shape index (κ1) is 13.1. The molecule has 2 rings (SSSR count). The molecule has 1 saturated carbocycles. The Morgan fingerprint density at radius 2 is 2.17 bits per heavy atom. The standard InChI is InChI=1S/C13H23N5/c1-10(14)8-18(2)13-7-12(15-9-16-13)17-11-5-3-4-6-11/h7,9-11H,3-6,8,14H2,1-2H3,(H,15,16,17). The van der Waals surface area contributed by atoms with Gasteiger partial charge in [0.15, 0.2) is 0 Å². The maximum absolute atomic E-state index is 5.80. The van der Waals surface area contributed by atoms with Gasteiger partial charge in [0.1, 0.15) is 18.0 Å². The van der Waals surface area contributed by atoms with Crippen LogP contribution in [-0.2, 0) is 0 Å². The maximum Gasteiger partial charge on any atom is 0.133 e. The minimum atomic E-state index is 0.135. The number of nitrogens with two attached hydrogens (primary N) is 1. The molecule has 1 atom stereocenters. The van der Waals surface area contributed by atoms with Gasteiger partial charge in [0.25, 0.3) is 0 Å². The van der Waals surface area contributed by atoms with Crippen LogP contribution in [0.2, 0.25) is 0 Å². The van der Waals surface area contributed by atoms with Crippen LogP contribution < -0.4 is 16.0 Å². The van der Waals surface area contributed by atoms with Gasteiger partial charge in [0.05, 0.1) is 0 Å². The average Bonchev–Trinajstić information content (AvgIpc) is 2.81. The van der Waals surface area contributed by atoms with Crippen molar-refractivity contribution in [3.63, 3.8) is 0 Å². The van der Waals surface area contributed by atoms with Gasteiger partial charge in [-0.3, -0.25) is 0 Å². The van der Waals surface area contributed by atoms with Crippen molar-refractivity contribution in [2.45, 2.75) is 44.7 Å². The minimum absolute atomic E-state index is 0.135. The number of hydrogen-bond donors (Lipinski definition) is 2. The SMILES string of the molecule is CC(N)CN(C)c1cc(NC2CCCC2)ncn1. The molecular weight excluding hydrogens is 226 g/mol. The molecule has 3 N–H and O–H groups in total. The molecule has 0 aliphatic heterocycles. The van der Waals surface area contributed by atoms with Crippen LogP contribution >= 0.6 is 0 Å². The summed E-state index contributed by atoms with van der Waals surface area (Å²) in [5, 5.41) is 3.48. The van der Waals surface area contributed by atoms with Crippen LogP contribution in [0.4, 0.5) is 11.6 Å². The van der Waals surface area contributed by atoms with E-state index in [1.807, 2.05) is 20.0 Å². The van der Waals surface area contributed by atoms with E-state index in [0.717, 1.165) is 18.2 Å². The van der Waals surface area contributed by atoms with Gasteiger partial charge in [0, 0.05) is 31.7 Å². The molecule has 1 heterocycles. The van der Waals surface area contributed by atoms with Crippen LogP contribution in [-0.4, -0.2) is 35.6 Å². The molecule has 1 aromatic rings. The molecule has 0 saturated heterocycles. The lowest BCUT2D eigenvalue weighted by Gasteiger charge is -2.21. The van der Waals surface area contributed by atoms with E-state index < -0.39 is 0 Å². The predicted molar refractivity (Wildman–Crippen MR) is 74.8 cm³/mol. The third-order valence-corrected chi connectivity index (χ3v) is 3.31. The second-order valence-corrected chi connectivity index (χ2v) is 5.24. The highest BCUT2D eigenvalue weighted by Crippen LogP contribution is 2.22. The summed E-state index contributed by atoms with van der Waals surface area (Å²) in [6, 6.07) is 2.71. The smallest absolute Gasteiger partial charge is 0.133 e. The van der Waals surface area contributed by atoms with E-state index in [-0.39, 0.29) is 6.04 Å². The van der Waals surface area contributed by atoms with E-state index in [1.165, 1.54) is 25.7 Å². The number of aromatic nitrogens is 2. The van der Waals surface area contributed by atoms with E-state index in [2.05, 4.69) is 20.2 Å². The fraction of sp³-hybridized carbons (Fsp3) is 0.692. The molecule has 0 aromatic carbocycles. The van der Waals surface area contributed by atoms with Crippen molar-refractivity contribution in [3.8, 4) is 0 Å². The summed E-state index contributed by atoms with van der Waals surface area (Å²) in [7, 11) is 2.01. The Balaban J connectivity index is 1.99. The summed E-state index contributed by atoms with van der Waals surface area (Å²) in [6.45, 7) is 2.79. The third kappa shape index (κ3) is 3.57. The van der Waals surface area contributed by atoms with E-state index >= 15 is 0 Å². The van der Waals surface area contributed by atoms with Gasteiger partial charge in [-0.15, -0.1) is 0 Å². The number of nitrogens with zero attached hydrogens (tertiary/aromatic N) is 3. The molecule has 18 heavy (non-hydrogen) atoms. The highest BCUT2D eigenvalue weighted by atomic mass is 15.2. The third-order valence-electron chi connectivity index (χ3n) is 3.31. The van der Waals surface area contributed by atoms with Crippen molar-refractivity contribution in [2.24, 2.45) is 5.73 Å². The molecular formula is C13H23N5.